The fraction of sp³-hybridized carbons (Fsp3) is 0.538. The van der Waals surface area contributed by atoms with Crippen LogP contribution < -0.4 is 10.1 Å². The zero-order chi connectivity index (χ0) is 10.5. The molecule has 0 saturated carbocycles. The van der Waals surface area contributed by atoms with Gasteiger partial charge < -0.3 is 10.1 Å². The molecule has 2 nitrogen and oxygen atoms in total. The average Bonchev–Trinajstić information content (AvgIpc) is 2.31. The molecule has 1 aromatic rings. The molecule has 1 heterocycles. The minimum absolute atomic E-state index is 0.402. The van der Waals surface area contributed by atoms with E-state index in [1.54, 1.807) is 0 Å². The van der Waals surface area contributed by atoms with E-state index in [1.165, 1.54) is 5.56 Å². The maximum Gasteiger partial charge on any atom is 0.119 e. The summed E-state index contributed by atoms with van der Waals surface area (Å²) in [6.07, 6.45) is 3.73. The van der Waals surface area contributed by atoms with Crippen LogP contribution in [0.5, 0.6) is 5.75 Å². The van der Waals surface area contributed by atoms with Crippen LogP contribution in [0.3, 0.4) is 0 Å². The lowest BCUT2D eigenvalue weighted by atomic mass is 10.1. The second-order valence-corrected chi connectivity index (χ2v) is 4.06. The third-order valence-electron chi connectivity index (χ3n) is 2.92. The lowest BCUT2D eigenvalue weighted by Crippen LogP contribution is -2.34. The first-order valence-electron chi connectivity index (χ1n) is 5.85. The maximum absolute atomic E-state index is 5.91. The van der Waals surface area contributed by atoms with E-state index in [0.29, 0.717) is 6.10 Å². The van der Waals surface area contributed by atoms with E-state index in [4.69, 9.17) is 4.74 Å². The Kier molecular flexibility index (Phi) is 3.62. The molecule has 0 aliphatic carbocycles. The zero-order valence-electron chi connectivity index (χ0n) is 9.33. The Labute approximate surface area is 91.6 Å². The summed E-state index contributed by atoms with van der Waals surface area (Å²) in [4.78, 5) is 0. The molecule has 1 saturated heterocycles. The molecule has 1 fully saturated rings. The highest BCUT2D eigenvalue weighted by atomic mass is 16.5. The van der Waals surface area contributed by atoms with Crippen LogP contribution in [-0.4, -0.2) is 19.2 Å². The van der Waals surface area contributed by atoms with Crippen molar-refractivity contribution in [3.05, 3.63) is 29.8 Å². The smallest absolute Gasteiger partial charge is 0.119 e. The number of hydrogen-bond donors (Lipinski definition) is 1. The molecule has 82 valence electrons. The van der Waals surface area contributed by atoms with Crippen molar-refractivity contribution in [3.8, 4) is 5.75 Å². The molecule has 1 aliphatic rings. The highest BCUT2D eigenvalue weighted by Crippen LogP contribution is 2.17. The van der Waals surface area contributed by atoms with Gasteiger partial charge in [-0.15, -0.1) is 0 Å². The number of rotatable bonds is 3. The van der Waals surface area contributed by atoms with Gasteiger partial charge in [0.15, 0.2) is 0 Å². The normalized spacial score (nSPS) is 17.7. The average molecular weight is 205 g/mol. The van der Waals surface area contributed by atoms with Crippen molar-refractivity contribution in [1.82, 2.24) is 5.32 Å². The van der Waals surface area contributed by atoms with Crippen LogP contribution >= 0.6 is 0 Å². The molecule has 1 N–H and O–H groups in total. The van der Waals surface area contributed by atoms with Gasteiger partial charge in [-0.05, 0) is 50.0 Å². The van der Waals surface area contributed by atoms with E-state index in [0.717, 1.165) is 38.1 Å². The SMILES string of the molecule is CCc1ccc(OC2CCNCC2)cc1. The molecule has 2 rings (SSSR count). The van der Waals surface area contributed by atoms with Crippen molar-refractivity contribution in [1.29, 1.82) is 0 Å². The van der Waals surface area contributed by atoms with Crippen LogP contribution in [-0.2, 0) is 6.42 Å². The Balaban J connectivity index is 1.91. The topological polar surface area (TPSA) is 21.3 Å². The number of nitrogens with one attached hydrogen (secondary N) is 1. The predicted molar refractivity (Wildman–Crippen MR) is 62.3 cm³/mol. The van der Waals surface area contributed by atoms with Crippen molar-refractivity contribution in [2.75, 3.05) is 13.1 Å². The Morgan fingerprint density at radius 3 is 2.47 bits per heavy atom. The molecule has 1 aliphatic heterocycles. The molecular weight excluding hydrogens is 186 g/mol. The lowest BCUT2D eigenvalue weighted by molar-refractivity contribution is 0.162. The van der Waals surface area contributed by atoms with Crippen molar-refractivity contribution < 1.29 is 4.74 Å². The molecule has 0 amide bonds. The van der Waals surface area contributed by atoms with Gasteiger partial charge in [0.2, 0.25) is 0 Å². The van der Waals surface area contributed by atoms with Crippen molar-refractivity contribution in [2.24, 2.45) is 0 Å². The monoisotopic (exact) mass is 205 g/mol. The Hall–Kier alpha value is -1.02. The fourth-order valence-electron chi connectivity index (χ4n) is 1.91. The first kappa shape index (κ1) is 10.5. The number of piperidine rings is 1. The van der Waals surface area contributed by atoms with E-state index >= 15 is 0 Å². The number of aryl methyl sites for hydroxylation is 1. The van der Waals surface area contributed by atoms with Gasteiger partial charge in [0.05, 0.1) is 0 Å². The first-order valence-corrected chi connectivity index (χ1v) is 5.85. The Morgan fingerprint density at radius 1 is 1.20 bits per heavy atom. The molecule has 2 heteroatoms. The van der Waals surface area contributed by atoms with Crippen LogP contribution in [0.15, 0.2) is 24.3 Å². The zero-order valence-corrected chi connectivity index (χ0v) is 9.33. The van der Waals surface area contributed by atoms with Crippen LogP contribution in [0, 0.1) is 0 Å². The first-order chi connectivity index (χ1) is 7.38. The van der Waals surface area contributed by atoms with Gasteiger partial charge >= 0.3 is 0 Å². The van der Waals surface area contributed by atoms with E-state index in [-0.39, 0.29) is 0 Å². The molecule has 0 aromatic heterocycles. The third-order valence-corrected chi connectivity index (χ3v) is 2.92. The minimum Gasteiger partial charge on any atom is -0.490 e. The summed E-state index contributed by atoms with van der Waals surface area (Å²) in [6.45, 7) is 4.33. The van der Waals surface area contributed by atoms with Gasteiger partial charge in [-0.1, -0.05) is 19.1 Å². The van der Waals surface area contributed by atoms with Gasteiger partial charge in [-0.25, -0.2) is 0 Å². The predicted octanol–water partition coefficient (Wildman–Crippen LogP) is 2.38. The van der Waals surface area contributed by atoms with Crippen LogP contribution in [0.2, 0.25) is 0 Å². The fourth-order valence-corrected chi connectivity index (χ4v) is 1.91. The second kappa shape index (κ2) is 5.17. The summed E-state index contributed by atoms with van der Waals surface area (Å²) in [6, 6.07) is 8.47. The maximum atomic E-state index is 5.91. The molecule has 0 spiro atoms. The highest BCUT2D eigenvalue weighted by Gasteiger charge is 2.13. The molecule has 0 atom stereocenters. The van der Waals surface area contributed by atoms with E-state index < -0.39 is 0 Å². The summed E-state index contributed by atoms with van der Waals surface area (Å²) >= 11 is 0. The molecular formula is C13H19NO. The van der Waals surface area contributed by atoms with E-state index in [9.17, 15) is 0 Å². The van der Waals surface area contributed by atoms with Crippen molar-refractivity contribution in [3.63, 3.8) is 0 Å². The third kappa shape index (κ3) is 2.96. The van der Waals surface area contributed by atoms with Crippen molar-refractivity contribution in [2.45, 2.75) is 32.3 Å². The van der Waals surface area contributed by atoms with Gasteiger partial charge in [-0.3, -0.25) is 0 Å². The molecule has 0 unspecified atom stereocenters. The van der Waals surface area contributed by atoms with E-state index in [1.807, 2.05) is 0 Å². The van der Waals surface area contributed by atoms with Crippen LogP contribution in [0.1, 0.15) is 25.3 Å². The number of ether oxygens (including phenoxy) is 1. The summed E-state index contributed by atoms with van der Waals surface area (Å²) < 4.78 is 5.91. The Bertz CT molecular complexity index is 288. The number of benzene rings is 1. The lowest BCUT2D eigenvalue weighted by Gasteiger charge is -2.23. The molecule has 0 radical (unpaired) electrons. The summed E-state index contributed by atoms with van der Waals surface area (Å²) in [5.41, 5.74) is 1.37. The van der Waals surface area contributed by atoms with Gasteiger partial charge in [0.1, 0.15) is 11.9 Å². The summed E-state index contributed by atoms with van der Waals surface area (Å²) in [7, 11) is 0. The molecule has 1 aromatic carbocycles. The molecule has 15 heavy (non-hydrogen) atoms. The largest absolute Gasteiger partial charge is 0.490 e. The second-order valence-electron chi connectivity index (χ2n) is 4.06. The number of hydrogen-bond acceptors (Lipinski definition) is 2. The van der Waals surface area contributed by atoms with E-state index in [2.05, 4.69) is 36.5 Å². The van der Waals surface area contributed by atoms with Crippen molar-refractivity contribution >= 4 is 0 Å². The highest BCUT2D eigenvalue weighted by molar-refractivity contribution is 5.27. The van der Waals surface area contributed by atoms with Gasteiger partial charge in [0.25, 0.3) is 0 Å². The van der Waals surface area contributed by atoms with Crippen LogP contribution in [0.25, 0.3) is 0 Å². The quantitative estimate of drug-likeness (QED) is 0.818. The molecule has 0 bridgehead atoms. The minimum atomic E-state index is 0.402. The summed E-state index contributed by atoms with van der Waals surface area (Å²) in [5, 5.41) is 3.34. The Morgan fingerprint density at radius 2 is 1.87 bits per heavy atom. The van der Waals surface area contributed by atoms with Crippen LogP contribution in [0.4, 0.5) is 0 Å². The standard InChI is InChI=1S/C13H19NO/c1-2-11-3-5-12(6-4-11)15-13-7-9-14-10-8-13/h3-6,13-14H,2,7-10H2,1H3. The van der Waals surface area contributed by atoms with Gasteiger partial charge in [-0.2, -0.15) is 0 Å². The summed E-state index contributed by atoms with van der Waals surface area (Å²) in [5.74, 6) is 1.01. The van der Waals surface area contributed by atoms with Gasteiger partial charge in [0, 0.05) is 0 Å².